The van der Waals surface area contributed by atoms with Gasteiger partial charge in [-0.2, -0.15) is 0 Å². The first kappa shape index (κ1) is 26.7. The van der Waals surface area contributed by atoms with Crippen LogP contribution in [0.1, 0.15) is 43.5 Å². The minimum Gasteiger partial charge on any atom is -0.508 e. The molecule has 0 saturated carbocycles. The van der Waals surface area contributed by atoms with E-state index in [1.165, 1.54) is 12.1 Å². The highest BCUT2D eigenvalue weighted by Gasteiger charge is 2.33. The van der Waals surface area contributed by atoms with E-state index >= 15 is 0 Å². The number of ether oxygens (including phenoxy) is 1. The molecule has 0 spiro atoms. The summed E-state index contributed by atoms with van der Waals surface area (Å²) in [5.41, 5.74) is 1.69. The minimum absolute atomic E-state index is 0.181. The Morgan fingerprint density at radius 1 is 1.03 bits per heavy atom. The lowest BCUT2D eigenvalue weighted by atomic mass is 10.0. The largest absolute Gasteiger partial charge is 0.508 e. The first-order valence-corrected chi connectivity index (χ1v) is 11.0. The summed E-state index contributed by atoms with van der Waals surface area (Å²) in [6.45, 7) is 7.68. The molecular weight excluding hydrogens is 438 g/mol. The molecule has 2 aromatic rings. The molecule has 0 fully saturated rings. The molecule has 184 valence electrons. The van der Waals surface area contributed by atoms with Crippen LogP contribution in [0.3, 0.4) is 0 Å². The highest BCUT2D eigenvalue weighted by atomic mass is 16.6. The molecule has 4 N–H and O–H groups in total. The van der Waals surface area contributed by atoms with Crippen LogP contribution < -0.4 is 10.6 Å². The van der Waals surface area contributed by atoms with Crippen molar-refractivity contribution in [1.82, 2.24) is 10.2 Å². The van der Waals surface area contributed by atoms with Crippen LogP contribution in [0, 0.1) is 13.8 Å². The number of amides is 3. The SMILES string of the molecule is Cc1cccc(C)c1NC(=O)C(c1ccccc1O)N(CCO)C(=O)CNC(=O)OC(C)(C)C. The molecule has 0 aliphatic rings. The molecule has 0 heterocycles. The van der Waals surface area contributed by atoms with E-state index < -0.39 is 42.7 Å². The lowest BCUT2D eigenvalue weighted by molar-refractivity contribution is -0.138. The molecule has 0 bridgehead atoms. The third-order valence-electron chi connectivity index (χ3n) is 4.96. The zero-order chi connectivity index (χ0) is 25.5. The number of carbonyl (C=O) groups excluding carboxylic acids is 3. The number of anilines is 1. The number of para-hydroxylation sites is 2. The van der Waals surface area contributed by atoms with Gasteiger partial charge in [-0.3, -0.25) is 9.59 Å². The lowest BCUT2D eigenvalue weighted by Crippen LogP contribution is -2.47. The van der Waals surface area contributed by atoms with E-state index in [9.17, 15) is 24.6 Å². The number of aliphatic hydroxyl groups is 1. The van der Waals surface area contributed by atoms with Crippen molar-refractivity contribution >= 4 is 23.6 Å². The summed E-state index contributed by atoms with van der Waals surface area (Å²) >= 11 is 0. The number of benzene rings is 2. The van der Waals surface area contributed by atoms with Crippen LogP contribution >= 0.6 is 0 Å². The Hall–Kier alpha value is -3.59. The van der Waals surface area contributed by atoms with Crippen molar-refractivity contribution in [2.75, 3.05) is 25.0 Å². The van der Waals surface area contributed by atoms with Crippen LogP contribution in [0.25, 0.3) is 0 Å². The van der Waals surface area contributed by atoms with Gasteiger partial charge in [-0.15, -0.1) is 0 Å². The number of nitrogens with one attached hydrogen (secondary N) is 2. The third-order valence-corrected chi connectivity index (χ3v) is 4.96. The fourth-order valence-electron chi connectivity index (χ4n) is 3.44. The van der Waals surface area contributed by atoms with Gasteiger partial charge in [-0.25, -0.2) is 4.79 Å². The number of phenolic OH excluding ortho intramolecular Hbond substituents is 1. The third kappa shape index (κ3) is 7.21. The molecule has 34 heavy (non-hydrogen) atoms. The van der Waals surface area contributed by atoms with E-state index in [2.05, 4.69) is 10.6 Å². The molecule has 3 amide bonds. The second-order valence-electron chi connectivity index (χ2n) is 8.88. The monoisotopic (exact) mass is 471 g/mol. The topological polar surface area (TPSA) is 128 Å². The molecule has 1 atom stereocenters. The van der Waals surface area contributed by atoms with Crippen molar-refractivity contribution < 1.29 is 29.3 Å². The highest BCUT2D eigenvalue weighted by molar-refractivity contribution is 5.99. The van der Waals surface area contributed by atoms with Gasteiger partial charge in [-0.1, -0.05) is 36.4 Å². The summed E-state index contributed by atoms with van der Waals surface area (Å²) in [5, 5.41) is 25.4. The molecule has 9 nitrogen and oxygen atoms in total. The number of phenols is 1. The number of carbonyl (C=O) groups is 3. The summed E-state index contributed by atoms with van der Waals surface area (Å²) in [6, 6.07) is 10.5. The van der Waals surface area contributed by atoms with E-state index in [1.807, 2.05) is 32.0 Å². The van der Waals surface area contributed by atoms with Crippen molar-refractivity contribution in [3.8, 4) is 5.75 Å². The number of aromatic hydroxyl groups is 1. The smallest absolute Gasteiger partial charge is 0.408 e. The van der Waals surface area contributed by atoms with Crippen molar-refractivity contribution in [2.24, 2.45) is 0 Å². The quantitative estimate of drug-likeness (QED) is 0.469. The van der Waals surface area contributed by atoms with Crippen LogP contribution in [0.15, 0.2) is 42.5 Å². The van der Waals surface area contributed by atoms with Gasteiger partial charge in [0.15, 0.2) is 0 Å². The van der Waals surface area contributed by atoms with Crippen molar-refractivity contribution in [3.63, 3.8) is 0 Å². The fraction of sp³-hybridized carbons (Fsp3) is 0.400. The van der Waals surface area contributed by atoms with Gasteiger partial charge in [0, 0.05) is 17.8 Å². The maximum absolute atomic E-state index is 13.5. The van der Waals surface area contributed by atoms with E-state index in [4.69, 9.17) is 4.74 Å². The average Bonchev–Trinajstić information content (AvgIpc) is 2.74. The van der Waals surface area contributed by atoms with Gasteiger partial charge in [0.2, 0.25) is 5.91 Å². The molecule has 0 radical (unpaired) electrons. The normalized spacial score (nSPS) is 11.9. The Morgan fingerprint density at radius 3 is 2.21 bits per heavy atom. The molecule has 0 saturated heterocycles. The number of hydrogen-bond acceptors (Lipinski definition) is 6. The van der Waals surface area contributed by atoms with E-state index in [0.717, 1.165) is 16.0 Å². The van der Waals surface area contributed by atoms with Gasteiger partial charge in [0.1, 0.15) is 23.9 Å². The summed E-state index contributed by atoms with van der Waals surface area (Å²) in [6.07, 6.45) is -0.788. The summed E-state index contributed by atoms with van der Waals surface area (Å²) in [4.78, 5) is 39.7. The second-order valence-corrected chi connectivity index (χ2v) is 8.88. The zero-order valence-corrected chi connectivity index (χ0v) is 20.2. The molecule has 2 rings (SSSR count). The number of alkyl carbamates (subject to hydrolysis) is 1. The van der Waals surface area contributed by atoms with Crippen LogP contribution in [0.5, 0.6) is 5.75 Å². The maximum Gasteiger partial charge on any atom is 0.408 e. The van der Waals surface area contributed by atoms with Crippen LogP contribution in [0.4, 0.5) is 10.5 Å². The van der Waals surface area contributed by atoms with Crippen LogP contribution in [-0.2, 0) is 14.3 Å². The molecule has 0 aromatic heterocycles. The Labute approximate surface area is 199 Å². The maximum atomic E-state index is 13.5. The van der Waals surface area contributed by atoms with Crippen molar-refractivity contribution in [2.45, 2.75) is 46.3 Å². The first-order valence-electron chi connectivity index (χ1n) is 11.0. The first-order chi connectivity index (χ1) is 15.9. The van der Waals surface area contributed by atoms with Crippen LogP contribution in [0.2, 0.25) is 0 Å². The van der Waals surface area contributed by atoms with Crippen LogP contribution in [-0.4, -0.2) is 58.3 Å². The predicted molar refractivity (Wildman–Crippen MR) is 128 cm³/mol. The molecule has 0 aliphatic carbocycles. The molecule has 1 unspecified atom stereocenters. The van der Waals surface area contributed by atoms with Gasteiger partial charge in [0.05, 0.1) is 6.61 Å². The Bertz CT molecular complexity index is 1010. The van der Waals surface area contributed by atoms with Gasteiger partial charge >= 0.3 is 6.09 Å². The summed E-state index contributed by atoms with van der Waals surface area (Å²) in [7, 11) is 0. The number of nitrogens with zero attached hydrogens (tertiary/aromatic N) is 1. The standard InChI is InChI=1S/C25H33N3O6/c1-16-9-8-10-17(2)21(16)27-23(32)22(18-11-6-7-12-19(18)30)28(13-14-29)20(31)15-26-24(33)34-25(3,4)5/h6-12,22,29-30H,13-15H2,1-5H3,(H,26,33)(H,27,32). The summed E-state index contributed by atoms with van der Waals surface area (Å²) in [5.74, 6) is -1.39. The molecular formula is C25H33N3O6. The van der Waals surface area contributed by atoms with E-state index in [1.54, 1.807) is 32.9 Å². The van der Waals surface area contributed by atoms with Gasteiger partial charge < -0.3 is 30.5 Å². The van der Waals surface area contributed by atoms with Crippen molar-refractivity contribution in [1.29, 1.82) is 0 Å². The Morgan fingerprint density at radius 2 is 1.65 bits per heavy atom. The molecule has 0 aliphatic heterocycles. The zero-order valence-electron chi connectivity index (χ0n) is 20.2. The van der Waals surface area contributed by atoms with E-state index in [-0.39, 0.29) is 17.9 Å². The fourth-order valence-corrected chi connectivity index (χ4v) is 3.44. The number of rotatable bonds is 8. The van der Waals surface area contributed by atoms with Crippen molar-refractivity contribution in [3.05, 3.63) is 59.2 Å². The van der Waals surface area contributed by atoms with Gasteiger partial charge in [0.25, 0.3) is 5.91 Å². The Kier molecular flexibility index (Phi) is 9.03. The van der Waals surface area contributed by atoms with Gasteiger partial charge in [-0.05, 0) is 51.8 Å². The number of aliphatic hydroxyl groups excluding tert-OH is 1. The average molecular weight is 472 g/mol. The molecule has 2 aromatic carbocycles. The lowest BCUT2D eigenvalue weighted by Gasteiger charge is -2.31. The Balaban J connectivity index is 2.38. The molecule has 9 heteroatoms. The second kappa shape index (κ2) is 11.5. The number of hydrogen-bond donors (Lipinski definition) is 4. The highest BCUT2D eigenvalue weighted by Crippen LogP contribution is 2.31. The number of aryl methyl sites for hydroxylation is 2. The summed E-state index contributed by atoms with van der Waals surface area (Å²) < 4.78 is 5.16. The predicted octanol–water partition coefficient (Wildman–Crippen LogP) is 3.03. The minimum atomic E-state index is -1.26. The van der Waals surface area contributed by atoms with E-state index in [0.29, 0.717) is 5.69 Å².